The van der Waals surface area contributed by atoms with E-state index in [4.69, 9.17) is 0 Å². The van der Waals surface area contributed by atoms with Crippen LogP contribution in [0.3, 0.4) is 0 Å². The fourth-order valence-corrected chi connectivity index (χ4v) is 3.80. The van der Waals surface area contributed by atoms with Crippen LogP contribution >= 0.6 is 15.9 Å². The van der Waals surface area contributed by atoms with E-state index in [0.29, 0.717) is 5.69 Å². The summed E-state index contributed by atoms with van der Waals surface area (Å²) in [4.78, 5) is 11.9. The first kappa shape index (κ1) is 12.6. The van der Waals surface area contributed by atoms with Gasteiger partial charge in [-0.25, -0.2) is 12.7 Å². The number of benzene rings is 1. The van der Waals surface area contributed by atoms with E-state index in [1.807, 2.05) is 13.0 Å². The molecule has 2 rings (SSSR count). The highest BCUT2D eigenvalue weighted by molar-refractivity contribution is 9.10. The minimum Gasteiger partial charge on any atom is -0.272 e. The maximum Gasteiger partial charge on any atom is 0.263 e. The van der Waals surface area contributed by atoms with Crippen LogP contribution in [0.5, 0.6) is 0 Å². The summed E-state index contributed by atoms with van der Waals surface area (Å²) in [6.07, 6.45) is 0. The molecule has 0 unspecified atom stereocenters. The summed E-state index contributed by atoms with van der Waals surface area (Å²) in [6.45, 7) is 4.69. The van der Waals surface area contributed by atoms with Crippen molar-refractivity contribution >= 4 is 37.5 Å². The fourth-order valence-electron chi connectivity index (χ4n) is 1.74. The Morgan fingerprint density at radius 1 is 1.24 bits per heavy atom. The molecule has 92 valence electrons. The second-order valence-corrected chi connectivity index (χ2v) is 7.82. The van der Waals surface area contributed by atoms with Crippen LogP contribution in [-0.2, 0) is 14.8 Å². The summed E-state index contributed by atoms with van der Waals surface area (Å²) in [5, 5.41) is 0. The average molecular weight is 318 g/mol. The number of carbonyl (C=O) groups is 1. The zero-order valence-corrected chi connectivity index (χ0v) is 12.1. The number of nitrogens with zero attached hydrogens (tertiary/aromatic N) is 1. The van der Waals surface area contributed by atoms with Crippen LogP contribution < -0.4 is 4.31 Å². The van der Waals surface area contributed by atoms with Gasteiger partial charge in [-0.15, -0.1) is 0 Å². The van der Waals surface area contributed by atoms with Crippen molar-refractivity contribution in [1.82, 2.24) is 0 Å². The van der Waals surface area contributed by atoms with Crippen molar-refractivity contribution in [2.45, 2.75) is 25.5 Å². The molecule has 0 N–H and O–H groups in total. The van der Waals surface area contributed by atoms with Gasteiger partial charge in [-0.05, 0) is 44.5 Å². The van der Waals surface area contributed by atoms with Gasteiger partial charge in [0.15, 0.2) is 4.75 Å². The van der Waals surface area contributed by atoms with Crippen LogP contribution in [0.15, 0.2) is 22.7 Å². The molecule has 1 fully saturated rings. The lowest BCUT2D eigenvalue weighted by Crippen LogP contribution is -2.67. The van der Waals surface area contributed by atoms with Gasteiger partial charge in [-0.2, -0.15) is 0 Å². The van der Waals surface area contributed by atoms with Crippen molar-refractivity contribution in [3.8, 4) is 0 Å². The smallest absolute Gasteiger partial charge is 0.263 e. The molecular formula is C11H12BrNO3S. The average Bonchev–Trinajstić information content (AvgIpc) is 2.15. The van der Waals surface area contributed by atoms with E-state index in [1.165, 1.54) is 13.8 Å². The summed E-state index contributed by atoms with van der Waals surface area (Å²) in [6, 6.07) is 5.15. The zero-order chi connectivity index (χ0) is 13.0. The molecule has 0 bridgehead atoms. The summed E-state index contributed by atoms with van der Waals surface area (Å²) < 4.78 is 24.3. The van der Waals surface area contributed by atoms with Gasteiger partial charge in [-0.3, -0.25) is 4.79 Å². The first-order valence-electron chi connectivity index (χ1n) is 5.04. The predicted molar refractivity (Wildman–Crippen MR) is 69.4 cm³/mol. The number of aryl methyl sites for hydroxylation is 1. The molecule has 1 aliphatic rings. The SMILES string of the molecule is Cc1cc(Br)cc(N2C(=O)C(C)(C)S2(=O)=O)c1. The van der Waals surface area contributed by atoms with Crippen molar-refractivity contribution in [3.05, 3.63) is 28.2 Å². The molecule has 0 aliphatic carbocycles. The molecule has 1 aliphatic heterocycles. The highest BCUT2D eigenvalue weighted by Gasteiger charge is 2.60. The minimum absolute atomic E-state index is 0.390. The standard InChI is InChI=1S/C11H12BrNO3S/c1-7-4-8(12)6-9(5-7)13-10(14)11(2,3)17(13,15)16/h4-6H,1-3H3. The molecule has 0 saturated carbocycles. The van der Waals surface area contributed by atoms with Gasteiger partial charge >= 0.3 is 0 Å². The normalized spacial score (nSPS) is 21.2. The van der Waals surface area contributed by atoms with Gasteiger partial charge in [0.05, 0.1) is 5.69 Å². The van der Waals surface area contributed by atoms with Crippen molar-refractivity contribution in [1.29, 1.82) is 0 Å². The van der Waals surface area contributed by atoms with Crippen LogP contribution in [0, 0.1) is 6.92 Å². The number of sulfonamides is 1. The Balaban J connectivity index is 2.54. The molecular weight excluding hydrogens is 306 g/mol. The lowest BCUT2D eigenvalue weighted by molar-refractivity contribution is -0.120. The van der Waals surface area contributed by atoms with Gasteiger partial charge < -0.3 is 0 Å². The van der Waals surface area contributed by atoms with Gasteiger partial charge in [0.2, 0.25) is 0 Å². The number of hydrogen-bond donors (Lipinski definition) is 0. The Bertz CT molecular complexity index is 587. The quantitative estimate of drug-likeness (QED) is 0.798. The molecule has 6 heteroatoms. The lowest BCUT2D eigenvalue weighted by atomic mass is 10.1. The monoisotopic (exact) mass is 317 g/mol. The number of halogens is 1. The molecule has 0 spiro atoms. The van der Waals surface area contributed by atoms with Crippen molar-refractivity contribution in [2.24, 2.45) is 0 Å². The summed E-state index contributed by atoms with van der Waals surface area (Å²) in [5.74, 6) is -0.394. The maximum atomic E-state index is 12.0. The first-order chi connectivity index (χ1) is 7.68. The zero-order valence-electron chi connectivity index (χ0n) is 9.69. The Kier molecular flexibility index (Phi) is 2.63. The number of rotatable bonds is 1. The Hall–Kier alpha value is -0.880. The predicted octanol–water partition coefficient (Wildman–Crippen LogP) is 2.21. The van der Waals surface area contributed by atoms with Crippen LogP contribution in [0.2, 0.25) is 0 Å². The molecule has 4 nitrogen and oxygen atoms in total. The number of carbonyl (C=O) groups excluding carboxylic acids is 1. The van der Waals surface area contributed by atoms with Crippen LogP contribution in [-0.4, -0.2) is 19.1 Å². The number of amides is 1. The third-order valence-corrected chi connectivity index (χ3v) is 5.63. The number of hydrogen-bond acceptors (Lipinski definition) is 3. The van der Waals surface area contributed by atoms with E-state index >= 15 is 0 Å². The van der Waals surface area contributed by atoms with E-state index in [9.17, 15) is 13.2 Å². The topological polar surface area (TPSA) is 54.5 Å². The second kappa shape index (κ2) is 3.55. The molecule has 1 saturated heterocycles. The molecule has 0 radical (unpaired) electrons. The molecule has 0 atom stereocenters. The van der Waals surface area contributed by atoms with E-state index < -0.39 is 20.7 Å². The lowest BCUT2D eigenvalue weighted by Gasteiger charge is -2.42. The highest BCUT2D eigenvalue weighted by Crippen LogP contribution is 2.39. The molecule has 0 aromatic heterocycles. The van der Waals surface area contributed by atoms with Crippen molar-refractivity contribution in [2.75, 3.05) is 4.31 Å². The summed E-state index contributed by atoms with van der Waals surface area (Å²) in [5.41, 5.74) is 1.28. The maximum absolute atomic E-state index is 12.0. The van der Waals surface area contributed by atoms with Gasteiger partial charge in [0.25, 0.3) is 15.9 Å². The van der Waals surface area contributed by atoms with Gasteiger partial charge in [-0.1, -0.05) is 15.9 Å². The van der Waals surface area contributed by atoms with Crippen LogP contribution in [0.1, 0.15) is 19.4 Å². The van der Waals surface area contributed by atoms with E-state index in [1.54, 1.807) is 12.1 Å². The first-order valence-corrected chi connectivity index (χ1v) is 7.28. The Labute approximate surface area is 109 Å². The molecule has 1 aromatic rings. The Morgan fingerprint density at radius 3 is 2.29 bits per heavy atom. The van der Waals surface area contributed by atoms with Gasteiger partial charge in [0.1, 0.15) is 0 Å². The summed E-state index contributed by atoms with van der Waals surface area (Å²) in [7, 11) is -3.57. The largest absolute Gasteiger partial charge is 0.272 e. The summed E-state index contributed by atoms with van der Waals surface area (Å²) >= 11 is 3.29. The van der Waals surface area contributed by atoms with Crippen molar-refractivity contribution < 1.29 is 13.2 Å². The molecule has 1 aromatic carbocycles. The number of anilines is 1. The van der Waals surface area contributed by atoms with Gasteiger partial charge in [0, 0.05) is 4.47 Å². The van der Waals surface area contributed by atoms with E-state index in [2.05, 4.69) is 15.9 Å². The fraction of sp³-hybridized carbons (Fsp3) is 0.364. The van der Waals surface area contributed by atoms with Crippen LogP contribution in [0.25, 0.3) is 0 Å². The minimum atomic E-state index is -3.57. The van der Waals surface area contributed by atoms with Crippen molar-refractivity contribution in [3.63, 3.8) is 0 Å². The molecule has 17 heavy (non-hydrogen) atoms. The Morgan fingerprint density at radius 2 is 1.82 bits per heavy atom. The van der Waals surface area contributed by atoms with Crippen LogP contribution in [0.4, 0.5) is 5.69 Å². The van der Waals surface area contributed by atoms with E-state index in [-0.39, 0.29) is 0 Å². The van der Waals surface area contributed by atoms with E-state index in [0.717, 1.165) is 14.3 Å². The molecule has 1 amide bonds. The third kappa shape index (κ3) is 1.62. The third-order valence-electron chi connectivity index (χ3n) is 2.85. The molecule has 1 heterocycles. The highest BCUT2D eigenvalue weighted by atomic mass is 79.9. The second-order valence-electron chi connectivity index (χ2n) is 4.57.